The molecule has 7 aromatic carbocycles. The second-order valence-corrected chi connectivity index (χ2v) is 16.4. The zero-order chi connectivity index (χ0) is 36.0. The molecule has 0 bridgehead atoms. The molecule has 1 aliphatic rings. The molecule has 0 unspecified atom stereocenters. The van der Waals surface area contributed by atoms with Gasteiger partial charge in [-0.2, -0.15) is 0 Å². The van der Waals surface area contributed by atoms with Crippen molar-refractivity contribution in [1.29, 1.82) is 0 Å². The van der Waals surface area contributed by atoms with Gasteiger partial charge in [0.15, 0.2) is 17.5 Å². The van der Waals surface area contributed by atoms with Gasteiger partial charge in [0.25, 0.3) is 0 Å². The molecule has 12 rings (SSSR count). The summed E-state index contributed by atoms with van der Waals surface area (Å²) in [6, 6.07) is 52.3. The van der Waals surface area contributed by atoms with Crippen molar-refractivity contribution < 1.29 is 0 Å². The zero-order valence-corrected chi connectivity index (χ0v) is 31.2. The summed E-state index contributed by atoms with van der Waals surface area (Å²) in [7, 11) is 0. The largest absolute Gasteiger partial charge is 0.309 e. The Hall–Kier alpha value is -6.47. The molecule has 4 nitrogen and oxygen atoms in total. The van der Waals surface area contributed by atoms with E-state index >= 15 is 0 Å². The first-order chi connectivity index (χ1) is 27.3. The van der Waals surface area contributed by atoms with E-state index in [2.05, 4.69) is 162 Å². The molecule has 6 heteroatoms. The van der Waals surface area contributed by atoms with Gasteiger partial charge in [-0.3, -0.25) is 0 Å². The highest BCUT2D eigenvalue weighted by Gasteiger charge is 2.22. The Morgan fingerprint density at radius 1 is 0.491 bits per heavy atom. The Bertz CT molecular complexity index is 3400. The molecule has 0 fully saturated rings. The van der Waals surface area contributed by atoms with E-state index in [4.69, 9.17) is 15.0 Å². The molecule has 258 valence electrons. The van der Waals surface area contributed by atoms with E-state index in [1.165, 1.54) is 73.3 Å². The SMILES string of the molecule is C1=Cc2sc3cccc(-c4nc(-c5cccc(-n6c7ccccc7c7c8ccccc8ccc76)c5)nc(-c5cccc6sc7ccccc7c56)n4)c3c2CC1. The highest BCUT2D eigenvalue weighted by atomic mass is 32.1. The molecule has 0 saturated heterocycles. The van der Waals surface area contributed by atoms with Gasteiger partial charge in [-0.1, -0.05) is 109 Å². The fourth-order valence-corrected chi connectivity index (χ4v) is 11.1. The van der Waals surface area contributed by atoms with Gasteiger partial charge in [-0.15, -0.1) is 22.7 Å². The van der Waals surface area contributed by atoms with Crippen LogP contribution in [0.2, 0.25) is 0 Å². The minimum absolute atomic E-state index is 0.658. The van der Waals surface area contributed by atoms with Gasteiger partial charge >= 0.3 is 0 Å². The molecule has 0 saturated carbocycles. The van der Waals surface area contributed by atoms with Crippen LogP contribution in [0.15, 0.2) is 152 Å². The molecule has 0 radical (unpaired) electrons. The predicted molar refractivity (Wildman–Crippen MR) is 234 cm³/mol. The summed E-state index contributed by atoms with van der Waals surface area (Å²) in [6.07, 6.45) is 6.63. The van der Waals surface area contributed by atoms with Crippen LogP contribution in [-0.4, -0.2) is 19.5 Å². The number of thiophene rings is 2. The van der Waals surface area contributed by atoms with Crippen LogP contribution >= 0.6 is 22.7 Å². The molecule has 0 spiro atoms. The number of aryl methyl sites for hydroxylation is 1. The molecule has 0 aliphatic heterocycles. The van der Waals surface area contributed by atoms with Crippen molar-refractivity contribution in [3.05, 3.63) is 162 Å². The predicted octanol–water partition coefficient (Wildman–Crippen LogP) is 13.7. The van der Waals surface area contributed by atoms with E-state index in [0.29, 0.717) is 17.5 Å². The van der Waals surface area contributed by atoms with Crippen LogP contribution in [0.4, 0.5) is 0 Å². The van der Waals surface area contributed by atoms with Crippen molar-refractivity contribution in [2.75, 3.05) is 0 Å². The van der Waals surface area contributed by atoms with Crippen LogP contribution in [0.1, 0.15) is 16.9 Å². The van der Waals surface area contributed by atoms with E-state index in [-0.39, 0.29) is 0 Å². The first kappa shape index (κ1) is 30.9. The van der Waals surface area contributed by atoms with E-state index in [0.717, 1.165) is 35.2 Å². The van der Waals surface area contributed by atoms with Gasteiger partial charge in [-0.05, 0) is 77.7 Å². The number of hydrogen-bond donors (Lipinski definition) is 0. The molecule has 55 heavy (non-hydrogen) atoms. The van der Waals surface area contributed by atoms with E-state index in [1.807, 2.05) is 22.7 Å². The summed E-state index contributed by atoms with van der Waals surface area (Å²) in [6.45, 7) is 0. The van der Waals surface area contributed by atoms with Gasteiger partial charge in [0, 0.05) is 68.3 Å². The highest BCUT2D eigenvalue weighted by molar-refractivity contribution is 7.26. The van der Waals surface area contributed by atoms with E-state index in [1.54, 1.807) is 0 Å². The van der Waals surface area contributed by atoms with Gasteiger partial charge < -0.3 is 4.57 Å². The normalized spacial score (nSPS) is 12.9. The minimum Gasteiger partial charge on any atom is -0.309 e. The topological polar surface area (TPSA) is 43.6 Å². The smallest absolute Gasteiger partial charge is 0.164 e. The summed E-state index contributed by atoms with van der Waals surface area (Å²) >= 11 is 3.67. The number of allylic oxidation sites excluding steroid dienone is 1. The summed E-state index contributed by atoms with van der Waals surface area (Å²) in [5, 5.41) is 8.68. The lowest BCUT2D eigenvalue weighted by Crippen LogP contribution is -2.02. The molecular formula is C49H30N4S2. The van der Waals surface area contributed by atoms with E-state index in [9.17, 15) is 0 Å². The van der Waals surface area contributed by atoms with Crippen LogP contribution < -0.4 is 0 Å². The lowest BCUT2D eigenvalue weighted by molar-refractivity contribution is 1.00. The van der Waals surface area contributed by atoms with Crippen molar-refractivity contribution in [1.82, 2.24) is 19.5 Å². The maximum absolute atomic E-state index is 5.36. The summed E-state index contributed by atoms with van der Waals surface area (Å²) in [4.78, 5) is 17.4. The number of fused-ring (bicyclic) bond motifs is 11. The molecular weight excluding hydrogens is 709 g/mol. The summed E-state index contributed by atoms with van der Waals surface area (Å²) in [5.74, 6) is 2.04. The van der Waals surface area contributed by atoms with Crippen molar-refractivity contribution >= 4 is 91.6 Å². The van der Waals surface area contributed by atoms with Crippen LogP contribution in [0, 0.1) is 0 Å². The molecule has 0 atom stereocenters. The number of para-hydroxylation sites is 1. The highest BCUT2D eigenvalue weighted by Crippen LogP contribution is 2.43. The third kappa shape index (κ3) is 4.72. The Kier molecular flexibility index (Phi) is 6.76. The lowest BCUT2D eigenvalue weighted by Gasteiger charge is -2.13. The van der Waals surface area contributed by atoms with Crippen LogP contribution in [-0.2, 0) is 6.42 Å². The fourth-order valence-electron chi connectivity index (χ4n) is 8.73. The Morgan fingerprint density at radius 3 is 2.05 bits per heavy atom. The number of nitrogens with zero attached hydrogens (tertiary/aromatic N) is 4. The third-order valence-corrected chi connectivity index (χ3v) is 13.4. The van der Waals surface area contributed by atoms with Crippen molar-refractivity contribution in [3.63, 3.8) is 0 Å². The number of rotatable bonds is 4. The van der Waals surface area contributed by atoms with Crippen molar-refractivity contribution in [2.24, 2.45) is 0 Å². The second kappa shape index (κ2) is 12.0. The van der Waals surface area contributed by atoms with Gasteiger partial charge in [-0.25, -0.2) is 15.0 Å². The Balaban J connectivity index is 1.12. The summed E-state index contributed by atoms with van der Waals surface area (Å²) in [5.41, 5.74) is 7.83. The maximum Gasteiger partial charge on any atom is 0.164 e. The zero-order valence-electron chi connectivity index (χ0n) is 29.5. The quantitative estimate of drug-likeness (QED) is 0.181. The second-order valence-electron chi connectivity index (χ2n) is 14.2. The molecule has 11 aromatic rings. The van der Waals surface area contributed by atoms with Gasteiger partial charge in [0.05, 0.1) is 11.0 Å². The third-order valence-electron chi connectivity index (χ3n) is 11.1. The Morgan fingerprint density at radius 2 is 1.18 bits per heavy atom. The molecule has 4 aromatic heterocycles. The first-order valence-electron chi connectivity index (χ1n) is 18.7. The first-order valence-corrected chi connectivity index (χ1v) is 20.3. The standard InChI is InChI=1S/C49H30N4S2/c1-2-15-32-29(12-1)26-27-39-44(32)33-16-3-6-21-38(33)53(39)31-14-9-13-30(28-31)47-50-48(36-19-10-24-42-45(36)34-17-4-7-22-40(34)54-42)52-49(51-47)37-20-11-25-43-46(37)35-18-5-8-23-41(35)55-43/h1-4,6-17,19-28H,5,18H2. The number of aromatic nitrogens is 4. The summed E-state index contributed by atoms with van der Waals surface area (Å²) < 4.78 is 6.13. The number of hydrogen-bond acceptors (Lipinski definition) is 5. The molecule has 0 N–H and O–H groups in total. The average molecular weight is 739 g/mol. The molecule has 1 aliphatic carbocycles. The molecule has 4 heterocycles. The number of benzene rings is 7. The Labute approximate surface area is 324 Å². The monoisotopic (exact) mass is 738 g/mol. The van der Waals surface area contributed by atoms with Gasteiger partial charge in [0.2, 0.25) is 0 Å². The van der Waals surface area contributed by atoms with Crippen molar-refractivity contribution in [3.8, 4) is 39.9 Å². The van der Waals surface area contributed by atoms with Crippen LogP contribution in [0.3, 0.4) is 0 Å². The van der Waals surface area contributed by atoms with Crippen LogP contribution in [0.25, 0.3) is 109 Å². The van der Waals surface area contributed by atoms with Crippen molar-refractivity contribution in [2.45, 2.75) is 12.8 Å². The lowest BCUT2D eigenvalue weighted by atomic mass is 9.97. The maximum atomic E-state index is 5.36. The minimum atomic E-state index is 0.658. The average Bonchev–Trinajstić information content (AvgIpc) is 3.93. The fraction of sp³-hybridized carbons (Fsp3) is 0.0408. The van der Waals surface area contributed by atoms with E-state index < -0.39 is 0 Å². The van der Waals surface area contributed by atoms with Crippen LogP contribution in [0.5, 0.6) is 0 Å². The van der Waals surface area contributed by atoms with Gasteiger partial charge in [0.1, 0.15) is 0 Å². The molecule has 0 amide bonds.